The van der Waals surface area contributed by atoms with Crippen LogP contribution in [0.25, 0.3) is 0 Å². The molecule has 17 heavy (non-hydrogen) atoms. The summed E-state index contributed by atoms with van der Waals surface area (Å²) in [6.45, 7) is 4.44. The Morgan fingerprint density at radius 2 is 1.88 bits per heavy atom. The number of rotatable bonds is 3. The van der Waals surface area contributed by atoms with Crippen molar-refractivity contribution in [2.24, 2.45) is 0 Å². The fourth-order valence-corrected chi connectivity index (χ4v) is 2.57. The van der Waals surface area contributed by atoms with Gasteiger partial charge < -0.3 is 5.32 Å². The van der Waals surface area contributed by atoms with Crippen LogP contribution >= 0.6 is 34.5 Å². The minimum atomic E-state index is 0.399. The molecule has 0 saturated heterocycles. The molecule has 90 valence electrons. The third kappa shape index (κ3) is 3.09. The molecule has 0 aromatic carbocycles. The van der Waals surface area contributed by atoms with Crippen molar-refractivity contribution < 1.29 is 0 Å². The molecule has 2 aromatic heterocycles. The number of nitrogens with one attached hydrogen (secondary N) is 1. The Kier molecular flexibility index (Phi) is 3.86. The van der Waals surface area contributed by atoms with E-state index >= 15 is 0 Å². The van der Waals surface area contributed by atoms with E-state index in [0.717, 1.165) is 20.6 Å². The lowest BCUT2D eigenvalue weighted by molar-refractivity contribution is 1.02. The number of nitrogens with zero attached hydrogens (tertiary/aromatic N) is 2. The molecule has 0 amide bonds. The van der Waals surface area contributed by atoms with Gasteiger partial charge in [0.25, 0.3) is 0 Å². The summed E-state index contributed by atoms with van der Waals surface area (Å²) in [6, 6.07) is 3.85. The van der Waals surface area contributed by atoms with Crippen LogP contribution in [0.5, 0.6) is 0 Å². The third-order valence-corrected chi connectivity index (χ3v) is 3.82. The fourth-order valence-electron chi connectivity index (χ4n) is 1.31. The van der Waals surface area contributed by atoms with E-state index in [1.807, 2.05) is 26.0 Å². The number of aromatic nitrogens is 2. The van der Waals surface area contributed by atoms with Crippen molar-refractivity contribution >= 4 is 40.4 Å². The number of hydrogen-bond acceptors (Lipinski definition) is 4. The van der Waals surface area contributed by atoms with E-state index in [4.69, 9.17) is 23.2 Å². The number of hydrogen-bond donors (Lipinski definition) is 1. The third-order valence-electron chi connectivity index (χ3n) is 2.32. The van der Waals surface area contributed by atoms with Gasteiger partial charge in [-0.3, -0.25) is 0 Å². The average molecular weight is 288 g/mol. The number of anilines is 1. The molecule has 0 aliphatic carbocycles. The van der Waals surface area contributed by atoms with Crippen LogP contribution < -0.4 is 5.32 Å². The van der Waals surface area contributed by atoms with Gasteiger partial charge in [0.05, 0.1) is 22.3 Å². The average Bonchev–Trinajstić information content (AvgIpc) is 2.68. The Hall–Kier alpha value is -0.840. The predicted molar refractivity (Wildman–Crippen MR) is 73.2 cm³/mol. The van der Waals surface area contributed by atoms with Gasteiger partial charge in [0, 0.05) is 4.88 Å². The van der Waals surface area contributed by atoms with Crippen molar-refractivity contribution in [2.45, 2.75) is 20.4 Å². The zero-order chi connectivity index (χ0) is 12.4. The first kappa shape index (κ1) is 12.6. The monoisotopic (exact) mass is 287 g/mol. The maximum Gasteiger partial charge on any atom is 0.171 e. The quantitative estimate of drug-likeness (QED) is 0.925. The number of halogens is 2. The first-order valence-corrected chi connectivity index (χ1v) is 6.62. The van der Waals surface area contributed by atoms with Crippen LogP contribution in [0.2, 0.25) is 9.49 Å². The molecule has 0 unspecified atom stereocenters. The maximum atomic E-state index is 6.01. The van der Waals surface area contributed by atoms with E-state index in [0.29, 0.717) is 17.5 Å². The van der Waals surface area contributed by atoms with Crippen LogP contribution in [-0.4, -0.2) is 9.97 Å². The first-order chi connectivity index (χ1) is 8.06. The van der Waals surface area contributed by atoms with Gasteiger partial charge in [0.15, 0.2) is 11.0 Å². The highest BCUT2D eigenvalue weighted by Gasteiger charge is 2.07. The lowest BCUT2D eigenvalue weighted by Gasteiger charge is -2.08. The number of aryl methyl sites for hydroxylation is 2. The predicted octanol–water partition coefficient (Wildman–Crippen LogP) is 4.07. The van der Waals surface area contributed by atoms with Crippen molar-refractivity contribution in [3.8, 4) is 0 Å². The Morgan fingerprint density at radius 3 is 2.53 bits per heavy atom. The Morgan fingerprint density at radius 1 is 1.18 bits per heavy atom. The van der Waals surface area contributed by atoms with Gasteiger partial charge in [0.2, 0.25) is 0 Å². The fraction of sp³-hybridized carbons (Fsp3) is 0.273. The van der Waals surface area contributed by atoms with Gasteiger partial charge in [-0.05, 0) is 26.0 Å². The SMILES string of the molecule is Cc1nc(Cl)c(NCc2ccc(Cl)s2)nc1C. The zero-order valence-electron chi connectivity index (χ0n) is 9.42. The topological polar surface area (TPSA) is 37.8 Å². The molecule has 0 aliphatic heterocycles. The van der Waals surface area contributed by atoms with Crippen LogP contribution in [0.4, 0.5) is 5.82 Å². The summed E-state index contributed by atoms with van der Waals surface area (Å²) in [5, 5.41) is 3.56. The largest absolute Gasteiger partial charge is 0.363 e. The first-order valence-electron chi connectivity index (χ1n) is 5.05. The van der Waals surface area contributed by atoms with E-state index in [9.17, 15) is 0 Å². The van der Waals surface area contributed by atoms with Gasteiger partial charge in [0.1, 0.15) is 0 Å². The summed E-state index contributed by atoms with van der Waals surface area (Å²) in [7, 11) is 0. The lowest BCUT2D eigenvalue weighted by atomic mass is 10.3. The van der Waals surface area contributed by atoms with Gasteiger partial charge in [-0.2, -0.15) is 0 Å². The molecule has 0 aliphatic rings. The zero-order valence-corrected chi connectivity index (χ0v) is 11.7. The van der Waals surface area contributed by atoms with E-state index in [2.05, 4.69) is 15.3 Å². The molecular formula is C11H11Cl2N3S. The minimum absolute atomic E-state index is 0.399. The highest BCUT2D eigenvalue weighted by atomic mass is 35.5. The molecule has 1 N–H and O–H groups in total. The second kappa shape index (κ2) is 5.21. The molecule has 3 nitrogen and oxygen atoms in total. The lowest BCUT2D eigenvalue weighted by Crippen LogP contribution is -2.04. The molecular weight excluding hydrogens is 277 g/mol. The van der Waals surface area contributed by atoms with Crippen LogP contribution in [0.3, 0.4) is 0 Å². The van der Waals surface area contributed by atoms with Gasteiger partial charge in [-0.25, -0.2) is 9.97 Å². The molecule has 2 aromatic rings. The van der Waals surface area contributed by atoms with E-state index in [-0.39, 0.29) is 0 Å². The summed E-state index contributed by atoms with van der Waals surface area (Å²) in [5.41, 5.74) is 1.72. The van der Waals surface area contributed by atoms with E-state index in [1.54, 1.807) is 0 Å². The van der Waals surface area contributed by atoms with Crippen molar-refractivity contribution in [2.75, 3.05) is 5.32 Å². The minimum Gasteiger partial charge on any atom is -0.363 e. The van der Waals surface area contributed by atoms with Crippen LogP contribution in [-0.2, 0) is 6.54 Å². The highest BCUT2D eigenvalue weighted by molar-refractivity contribution is 7.16. The second-order valence-corrected chi connectivity index (χ2v) is 5.75. The molecule has 0 fully saturated rings. The Bertz CT molecular complexity index is 540. The standard InChI is InChI=1S/C11H11Cl2N3S/c1-6-7(2)16-11(10(13)15-6)14-5-8-3-4-9(12)17-8/h3-4H,5H2,1-2H3,(H,14,16). The molecule has 0 saturated carbocycles. The molecule has 0 spiro atoms. The maximum absolute atomic E-state index is 6.01. The number of thiophene rings is 1. The van der Waals surface area contributed by atoms with Crippen molar-refractivity contribution in [1.29, 1.82) is 0 Å². The van der Waals surface area contributed by atoms with Crippen molar-refractivity contribution in [3.63, 3.8) is 0 Å². The normalized spacial score (nSPS) is 10.6. The smallest absolute Gasteiger partial charge is 0.171 e. The highest BCUT2D eigenvalue weighted by Crippen LogP contribution is 2.24. The molecule has 0 bridgehead atoms. The molecule has 2 rings (SSSR count). The van der Waals surface area contributed by atoms with E-state index < -0.39 is 0 Å². The molecule has 0 radical (unpaired) electrons. The summed E-state index contributed by atoms with van der Waals surface area (Å²) < 4.78 is 0.777. The van der Waals surface area contributed by atoms with Crippen LogP contribution in [0.1, 0.15) is 16.3 Å². The molecule has 2 heterocycles. The molecule has 6 heteroatoms. The molecule has 0 atom stereocenters. The van der Waals surface area contributed by atoms with Gasteiger partial charge >= 0.3 is 0 Å². The Balaban J connectivity index is 2.11. The van der Waals surface area contributed by atoms with Crippen LogP contribution in [0.15, 0.2) is 12.1 Å². The summed E-state index contributed by atoms with van der Waals surface area (Å²) >= 11 is 13.4. The summed E-state index contributed by atoms with van der Waals surface area (Å²) in [5.74, 6) is 0.610. The van der Waals surface area contributed by atoms with Gasteiger partial charge in [-0.1, -0.05) is 23.2 Å². The van der Waals surface area contributed by atoms with Crippen molar-refractivity contribution in [1.82, 2.24) is 9.97 Å². The Labute approximate surface area is 114 Å². The summed E-state index contributed by atoms with van der Waals surface area (Å²) in [6.07, 6.45) is 0. The van der Waals surface area contributed by atoms with Crippen LogP contribution in [0, 0.1) is 13.8 Å². The van der Waals surface area contributed by atoms with Gasteiger partial charge in [-0.15, -0.1) is 11.3 Å². The van der Waals surface area contributed by atoms with E-state index in [1.165, 1.54) is 11.3 Å². The second-order valence-electron chi connectivity index (χ2n) is 3.59. The van der Waals surface area contributed by atoms with Crippen molar-refractivity contribution in [3.05, 3.63) is 37.9 Å². The summed E-state index contributed by atoms with van der Waals surface area (Å²) in [4.78, 5) is 9.70.